The van der Waals surface area contributed by atoms with Gasteiger partial charge in [0.15, 0.2) is 0 Å². The molecule has 1 nitrogen and oxygen atoms in total. The lowest BCUT2D eigenvalue weighted by Gasteiger charge is -2.03. The van der Waals surface area contributed by atoms with Gasteiger partial charge >= 0.3 is 0 Å². The minimum atomic E-state index is 0. The van der Waals surface area contributed by atoms with Crippen molar-refractivity contribution in [2.75, 3.05) is 5.73 Å². The van der Waals surface area contributed by atoms with Crippen LogP contribution in [0.25, 0.3) is 11.1 Å². The van der Waals surface area contributed by atoms with E-state index in [1.54, 1.807) is 0 Å². The summed E-state index contributed by atoms with van der Waals surface area (Å²) in [5.41, 5.74) is 8.95. The molecule has 0 heterocycles. The number of nitrogen functional groups attached to an aromatic ring is 1. The number of anilines is 1. The fourth-order valence-corrected chi connectivity index (χ4v) is 1.38. The molecule has 0 aliphatic carbocycles. The zero-order chi connectivity index (χ0) is 9.10. The highest BCUT2D eigenvalue weighted by Crippen LogP contribution is 2.24. The van der Waals surface area contributed by atoms with E-state index in [0.29, 0.717) is 0 Å². The van der Waals surface area contributed by atoms with Gasteiger partial charge in [-0.2, -0.15) is 0 Å². The number of hydrogen-bond acceptors (Lipinski definition) is 1. The van der Waals surface area contributed by atoms with Crippen LogP contribution in [-0.2, 0) is 0 Å². The maximum absolute atomic E-state index is 5.85. The molecule has 72 valence electrons. The smallest absolute Gasteiger partial charge is 0.0393 e. The monoisotopic (exact) mass is 185 g/mol. The number of nitrogens with two attached hydrogens (primary N) is 1. The molecule has 0 aromatic heterocycles. The van der Waals surface area contributed by atoms with Gasteiger partial charge in [0, 0.05) is 11.3 Å². The zero-order valence-electron chi connectivity index (χ0n) is 7.27. The molecule has 0 unspecified atom stereocenters. The predicted octanol–water partition coefficient (Wildman–Crippen LogP) is 3.57. The molecule has 0 atom stereocenters. The first-order chi connectivity index (χ1) is 6.38. The number of hydrogen-bond donors (Lipinski definition) is 1. The lowest BCUT2D eigenvalue weighted by atomic mass is 10.0. The lowest BCUT2D eigenvalue weighted by Crippen LogP contribution is -1.88. The first-order valence-corrected chi connectivity index (χ1v) is 4.28. The fourth-order valence-electron chi connectivity index (χ4n) is 1.38. The summed E-state index contributed by atoms with van der Waals surface area (Å²) >= 11 is 0. The summed E-state index contributed by atoms with van der Waals surface area (Å²) < 4.78 is 0. The largest absolute Gasteiger partial charge is 0.398 e. The molecule has 0 bridgehead atoms. The van der Waals surface area contributed by atoms with Crippen LogP contribution in [0.3, 0.4) is 0 Å². The van der Waals surface area contributed by atoms with Crippen molar-refractivity contribution >= 4 is 5.69 Å². The van der Waals surface area contributed by atoms with E-state index >= 15 is 0 Å². The van der Waals surface area contributed by atoms with Crippen LogP contribution in [0.2, 0.25) is 0 Å². The normalized spacial score (nSPS) is 9.14. The van der Waals surface area contributed by atoms with Gasteiger partial charge in [-0.3, -0.25) is 0 Å². The first-order valence-electron chi connectivity index (χ1n) is 4.28. The zero-order valence-corrected chi connectivity index (χ0v) is 7.27. The van der Waals surface area contributed by atoms with Crippen LogP contribution >= 0.6 is 0 Å². The molecular weight excluding hydrogens is 170 g/mol. The van der Waals surface area contributed by atoms with Crippen molar-refractivity contribution in [1.29, 1.82) is 0 Å². The van der Waals surface area contributed by atoms with Crippen molar-refractivity contribution < 1.29 is 0 Å². The van der Waals surface area contributed by atoms with Crippen molar-refractivity contribution in [1.82, 2.24) is 0 Å². The van der Waals surface area contributed by atoms with Crippen molar-refractivity contribution in [3.05, 3.63) is 54.6 Å². The Morgan fingerprint density at radius 2 is 1.29 bits per heavy atom. The van der Waals surface area contributed by atoms with Crippen molar-refractivity contribution in [3.63, 3.8) is 0 Å². The first kappa shape index (κ1) is 10.3. The molecule has 2 N–H and O–H groups in total. The van der Waals surface area contributed by atoms with Gasteiger partial charge in [-0.25, -0.2) is 0 Å². The number of para-hydroxylation sites is 1. The van der Waals surface area contributed by atoms with E-state index < -0.39 is 0 Å². The number of benzene rings is 2. The van der Waals surface area contributed by atoms with Crippen LogP contribution in [0.4, 0.5) is 5.69 Å². The molecule has 0 saturated carbocycles. The Hall–Kier alpha value is -1.76. The third-order valence-corrected chi connectivity index (χ3v) is 2.05. The highest BCUT2D eigenvalue weighted by atomic mass is 14.6. The van der Waals surface area contributed by atoms with Crippen LogP contribution in [0, 0.1) is 0 Å². The molecule has 1 heteroatoms. The van der Waals surface area contributed by atoms with Crippen LogP contribution in [-0.4, -0.2) is 0 Å². The average Bonchev–Trinajstić information content (AvgIpc) is 2.20. The van der Waals surface area contributed by atoms with Gasteiger partial charge in [0.2, 0.25) is 0 Å². The molecule has 0 aliphatic heterocycles. The van der Waals surface area contributed by atoms with E-state index in [2.05, 4.69) is 12.1 Å². The highest BCUT2D eigenvalue weighted by Gasteiger charge is 1.98. The van der Waals surface area contributed by atoms with Gasteiger partial charge < -0.3 is 5.73 Å². The second-order valence-corrected chi connectivity index (χ2v) is 2.95. The Balaban J connectivity index is 0.000000980. The van der Waals surface area contributed by atoms with Crippen LogP contribution in [0.15, 0.2) is 54.6 Å². The molecule has 2 aromatic rings. The Bertz CT molecular complexity index is 393. The molecule has 0 saturated heterocycles. The quantitative estimate of drug-likeness (QED) is 0.675. The molecule has 0 spiro atoms. The van der Waals surface area contributed by atoms with Gasteiger partial charge in [-0.15, -0.1) is 0 Å². The summed E-state index contributed by atoms with van der Waals surface area (Å²) in [4.78, 5) is 0. The summed E-state index contributed by atoms with van der Waals surface area (Å²) in [7, 11) is 0. The van der Waals surface area contributed by atoms with E-state index in [0.717, 1.165) is 11.3 Å². The van der Waals surface area contributed by atoms with Gasteiger partial charge in [0.25, 0.3) is 0 Å². The minimum Gasteiger partial charge on any atom is -0.398 e. The van der Waals surface area contributed by atoms with E-state index in [1.165, 1.54) is 5.56 Å². The van der Waals surface area contributed by atoms with Gasteiger partial charge in [-0.1, -0.05) is 56.0 Å². The Kier molecular flexibility index (Phi) is 3.29. The van der Waals surface area contributed by atoms with Crippen LogP contribution in [0.5, 0.6) is 0 Å². The molecule has 14 heavy (non-hydrogen) atoms. The molecule has 2 aromatic carbocycles. The lowest BCUT2D eigenvalue weighted by molar-refractivity contribution is 1.61. The standard InChI is InChI=1S/C12H11N.CH4/c13-12-9-5-4-8-11(12)10-6-2-1-3-7-10;/h1-9H,13H2;1H4. The SMILES string of the molecule is C.Nc1ccccc1-c1ccccc1. The van der Waals surface area contributed by atoms with Crippen LogP contribution < -0.4 is 5.73 Å². The summed E-state index contributed by atoms with van der Waals surface area (Å²) in [6, 6.07) is 18.1. The maximum Gasteiger partial charge on any atom is 0.0393 e. The summed E-state index contributed by atoms with van der Waals surface area (Å²) in [6.45, 7) is 0. The predicted molar refractivity (Wildman–Crippen MR) is 63.0 cm³/mol. The second-order valence-electron chi connectivity index (χ2n) is 2.95. The number of rotatable bonds is 1. The molecule has 0 radical (unpaired) electrons. The fraction of sp³-hybridized carbons (Fsp3) is 0.0769. The minimum absolute atomic E-state index is 0. The summed E-state index contributed by atoms with van der Waals surface area (Å²) in [5, 5.41) is 0. The molecule has 2 rings (SSSR count). The van der Waals surface area contributed by atoms with E-state index in [-0.39, 0.29) is 7.43 Å². The molecule has 0 aliphatic rings. The Labute approximate surface area is 85.2 Å². The Morgan fingerprint density at radius 3 is 1.93 bits per heavy atom. The average molecular weight is 185 g/mol. The Morgan fingerprint density at radius 1 is 0.714 bits per heavy atom. The molecular formula is C13H15N. The molecule has 0 amide bonds. The van der Waals surface area contributed by atoms with Crippen molar-refractivity contribution in [2.24, 2.45) is 0 Å². The van der Waals surface area contributed by atoms with Gasteiger partial charge in [0.1, 0.15) is 0 Å². The van der Waals surface area contributed by atoms with Gasteiger partial charge in [-0.05, 0) is 11.6 Å². The maximum atomic E-state index is 5.85. The van der Waals surface area contributed by atoms with Gasteiger partial charge in [0.05, 0.1) is 0 Å². The summed E-state index contributed by atoms with van der Waals surface area (Å²) in [5.74, 6) is 0. The van der Waals surface area contributed by atoms with Crippen molar-refractivity contribution in [2.45, 2.75) is 7.43 Å². The third kappa shape index (κ3) is 1.94. The second kappa shape index (κ2) is 4.47. The topological polar surface area (TPSA) is 26.0 Å². The van der Waals surface area contributed by atoms with E-state index in [1.807, 2.05) is 42.5 Å². The summed E-state index contributed by atoms with van der Waals surface area (Å²) in [6.07, 6.45) is 0. The third-order valence-electron chi connectivity index (χ3n) is 2.05. The van der Waals surface area contributed by atoms with E-state index in [9.17, 15) is 0 Å². The van der Waals surface area contributed by atoms with Crippen LogP contribution in [0.1, 0.15) is 7.43 Å². The van der Waals surface area contributed by atoms with Crippen molar-refractivity contribution in [3.8, 4) is 11.1 Å². The molecule has 0 fully saturated rings. The highest BCUT2D eigenvalue weighted by molar-refractivity contribution is 5.75. The van der Waals surface area contributed by atoms with E-state index in [4.69, 9.17) is 5.73 Å².